The van der Waals surface area contributed by atoms with Crippen LogP contribution in [0.15, 0.2) is 18.3 Å². The number of carbonyl (C=O) groups is 1. The maximum Gasteiger partial charge on any atom is 0.311 e. The van der Waals surface area contributed by atoms with Crippen molar-refractivity contribution in [3.63, 3.8) is 0 Å². The molecule has 0 saturated carbocycles. The van der Waals surface area contributed by atoms with Crippen molar-refractivity contribution in [2.24, 2.45) is 0 Å². The number of aromatic nitrogens is 2. The Kier molecular flexibility index (Phi) is 5.38. The number of pyridine rings is 1. The van der Waals surface area contributed by atoms with Crippen molar-refractivity contribution in [3.05, 3.63) is 29.7 Å². The van der Waals surface area contributed by atoms with Crippen LogP contribution in [-0.4, -0.2) is 41.0 Å². The summed E-state index contributed by atoms with van der Waals surface area (Å²) in [5.41, 5.74) is 9.10. The molecule has 0 amide bonds. The van der Waals surface area contributed by atoms with Gasteiger partial charge in [-0.2, -0.15) is 0 Å². The number of nitrogens with zero attached hydrogens (tertiary/aromatic N) is 3. The second kappa shape index (κ2) is 7.26. The van der Waals surface area contributed by atoms with Gasteiger partial charge in [-0.1, -0.05) is 13.3 Å². The molecule has 2 aromatic rings. The zero-order valence-corrected chi connectivity index (χ0v) is 13.5. The Balaban J connectivity index is 2.35. The zero-order valence-electron chi connectivity index (χ0n) is 13.5. The van der Waals surface area contributed by atoms with Gasteiger partial charge in [0.2, 0.25) is 0 Å². The SMILES string of the molecule is CCCCN(C)Cc1c(CC(=O)OC)nc2ccc(N)cn12. The first kappa shape index (κ1) is 16.3. The third kappa shape index (κ3) is 3.76. The van der Waals surface area contributed by atoms with Gasteiger partial charge in [0, 0.05) is 18.4 Å². The summed E-state index contributed by atoms with van der Waals surface area (Å²) in [5, 5.41) is 0. The second-order valence-corrected chi connectivity index (χ2v) is 5.54. The quantitative estimate of drug-likeness (QED) is 0.791. The van der Waals surface area contributed by atoms with Gasteiger partial charge < -0.3 is 19.8 Å². The molecule has 6 heteroatoms. The molecule has 0 aliphatic carbocycles. The first-order valence-corrected chi connectivity index (χ1v) is 7.55. The van der Waals surface area contributed by atoms with Crippen molar-refractivity contribution in [1.82, 2.24) is 14.3 Å². The fourth-order valence-corrected chi connectivity index (χ4v) is 2.44. The number of unbranched alkanes of at least 4 members (excludes halogenated alkanes) is 1. The molecule has 0 aliphatic heterocycles. The third-order valence-electron chi connectivity index (χ3n) is 3.68. The van der Waals surface area contributed by atoms with E-state index in [0.717, 1.165) is 43.0 Å². The van der Waals surface area contributed by atoms with Gasteiger partial charge in [-0.05, 0) is 32.1 Å². The number of nitrogen functional groups attached to an aromatic ring is 1. The van der Waals surface area contributed by atoms with Gasteiger partial charge >= 0.3 is 5.97 Å². The molecule has 0 unspecified atom stereocenters. The van der Waals surface area contributed by atoms with Crippen molar-refractivity contribution in [2.45, 2.75) is 32.7 Å². The number of fused-ring (bicyclic) bond motifs is 1. The van der Waals surface area contributed by atoms with Gasteiger partial charge in [0.25, 0.3) is 0 Å². The number of imidazole rings is 1. The summed E-state index contributed by atoms with van der Waals surface area (Å²) in [7, 11) is 3.46. The number of methoxy groups -OCH3 is 1. The van der Waals surface area contributed by atoms with E-state index >= 15 is 0 Å². The van der Waals surface area contributed by atoms with Crippen LogP contribution in [0.25, 0.3) is 5.65 Å². The predicted molar refractivity (Wildman–Crippen MR) is 86.6 cm³/mol. The fraction of sp³-hybridized carbons (Fsp3) is 0.500. The largest absolute Gasteiger partial charge is 0.469 e. The summed E-state index contributed by atoms with van der Waals surface area (Å²) in [6, 6.07) is 3.68. The molecule has 0 radical (unpaired) electrons. The minimum Gasteiger partial charge on any atom is -0.469 e. The van der Waals surface area contributed by atoms with E-state index in [4.69, 9.17) is 10.5 Å². The smallest absolute Gasteiger partial charge is 0.311 e. The van der Waals surface area contributed by atoms with E-state index in [1.54, 1.807) is 0 Å². The molecule has 0 aliphatic rings. The lowest BCUT2D eigenvalue weighted by atomic mass is 10.2. The molecule has 0 saturated heterocycles. The molecule has 0 aromatic carbocycles. The van der Waals surface area contributed by atoms with Crippen LogP contribution < -0.4 is 5.73 Å². The Morgan fingerprint density at radius 3 is 2.91 bits per heavy atom. The average molecular weight is 304 g/mol. The summed E-state index contributed by atoms with van der Waals surface area (Å²) >= 11 is 0. The Hall–Kier alpha value is -2.08. The van der Waals surface area contributed by atoms with E-state index in [1.807, 2.05) is 22.7 Å². The first-order chi connectivity index (χ1) is 10.5. The van der Waals surface area contributed by atoms with Crippen molar-refractivity contribution in [1.29, 1.82) is 0 Å². The van der Waals surface area contributed by atoms with Crippen LogP contribution in [0.2, 0.25) is 0 Å². The molecular weight excluding hydrogens is 280 g/mol. The number of nitrogens with two attached hydrogens (primary N) is 1. The lowest BCUT2D eigenvalue weighted by Crippen LogP contribution is -2.21. The Bertz CT molecular complexity index is 651. The molecule has 0 fully saturated rings. The molecule has 2 aromatic heterocycles. The van der Waals surface area contributed by atoms with E-state index in [9.17, 15) is 4.79 Å². The highest BCUT2D eigenvalue weighted by atomic mass is 16.5. The van der Waals surface area contributed by atoms with Gasteiger partial charge in [0.05, 0.1) is 24.9 Å². The summed E-state index contributed by atoms with van der Waals surface area (Å²) in [6.45, 7) is 3.89. The molecule has 2 heterocycles. The van der Waals surface area contributed by atoms with Crippen LogP contribution in [0.5, 0.6) is 0 Å². The van der Waals surface area contributed by atoms with Crippen molar-refractivity contribution in [2.75, 3.05) is 26.4 Å². The van der Waals surface area contributed by atoms with Gasteiger partial charge in [-0.25, -0.2) is 4.98 Å². The van der Waals surface area contributed by atoms with Crippen molar-refractivity contribution >= 4 is 17.3 Å². The number of anilines is 1. The van der Waals surface area contributed by atoms with Crippen molar-refractivity contribution in [3.8, 4) is 0 Å². The molecule has 120 valence electrons. The number of ether oxygens (including phenoxy) is 1. The van der Waals surface area contributed by atoms with Crippen LogP contribution in [0, 0.1) is 0 Å². The zero-order chi connectivity index (χ0) is 16.1. The number of hydrogen-bond acceptors (Lipinski definition) is 5. The van der Waals surface area contributed by atoms with Gasteiger partial charge in [-0.3, -0.25) is 4.79 Å². The highest BCUT2D eigenvalue weighted by Gasteiger charge is 2.17. The van der Waals surface area contributed by atoms with Gasteiger partial charge in [-0.15, -0.1) is 0 Å². The number of carbonyl (C=O) groups excluding carboxylic acids is 1. The molecular formula is C16H24N4O2. The molecule has 0 spiro atoms. The maximum absolute atomic E-state index is 11.6. The van der Waals surface area contributed by atoms with Gasteiger partial charge in [0.15, 0.2) is 0 Å². The number of esters is 1. The average Bonchev–Trinajstić information content (AvgIpc) is 2.82. The monoisotopic (exact) mass is 304 g/mol. The lowest BCUT2D eigenvalue weighted by molar-refractivity contribution is -0.139. The molecule has 2 rings (SSSR count). The third-order valence-corrected chi connectivity index (χ3v) is 3.68. The summed E-state index contributed by atoms with van der Waals surface area (Å²) in [5.74, 6) is -0.283. The maximum atomic E-state index is 11.6. The standard InChI is InChI=1S/C16H24N4O2/c1-4-5-8-19(2)11-14-13(9-16(21)22-3)18-15-7-6-12(17)10-20(14)15/h6-7,10H,4-5,8-9,11,17H2,1-3H3. The van der Waals surface area contributed by atoms with Crippen LogP contribution >= 0.6 is 0 Å². The minimum atomic E-state index is -0.283. The van der Waals surface area contributed by atoms with E-state index < -0.39 is 0 Å². The van der Waals surface area contributed by atoms with E-state index in [2.05, 4.69) is 23.9 Å². The first-order valence-electron chi connectivity index (χ1n) is 7.55. The van der Waals surface area contributed by atoms with E-state index in [-0.39, 0.29) is 12.4 Å². The van der Waals surface area contributed by atoms with Crippen LogP contribution in [0.4, 0.5) is 5.69 Å². The van der Waals surface area contributed by atoms with Crippen molar-refractivity contribution < 1.29 is 9.53 Å². The Labute approximate surface area is 130 Å². The highest BCUT2D eigenvalue weighted by Crippen LogP contribution is 2.18. The van der Waals surface area contributed by atoms with Crippen LogP contribution in [0.1, 0.15) is 31.2 Å². The Morgan fingerprint density at radius 2 is 2.23 bits per heavy atom. The van der Waals surface area contributed by atoms with Crippen LogP contribution in [0.3, 0.4) is 0 Å². The summed E-state index contributed by atoms with van der Waals surface area (Å²) in [6.07, 6.45) is 4.32. The lowest BCUT2D eigenvalue weighted by Gasteiger charge is -2.17. The molecule has 6 nitrogen and oxygen atoms in total. The minimum absolute atomic E-state index is 0.176. The Morgan fingerprint density at radius 1 is 1.45 bits per heavy atom. The second-order valence-electron chi connectivity index (χ2n) is 5.54. The highest BCUT2D eigenvalue weighted by molar-refractivity contribution is 5.72. The normalized spacial score (nSPS) is 11.3. The molecule has 0 bridgehead atoms. The fourth-order valence-electron chi connectivity index (χ4n) is 2.44. The topological polar surface area (TPSA) is 72.9 Å². The van der Waals surface area contributed by atoms with E-state index in [0.29, 0.717) is 5.69 Å². The molecule has 2 N–H and O–H groups in total. The van der Waals surface area contributed by atoms with Crippen LogP contribution in [-0.2, 0) is 22.5 Å². The summed E-state index contributed by atoms with van der Waals surface area (Å²) < 4.78 is 6.74. The predicted octanol–water partition coefficient (Wildman–Crippen LogP) is 1.86. The molecule has 22 heavy (non-hydrogen) atoms. The summed E-state index contributed by atoms with van der Waals surface area (Å²) in [4.78, 5) is 18.4. The number of rotatable bonds is 7. The van der Waals surface area contributed by atoms with Gasteiger partial charge in [0.1, 0.15) is 5.65 Å². The number of hydrogen-bond donors (Lipinski definition) is 1. The van der Waals surface area contributed by atoms with E-state index in [1.165, 1.54) is 7.11 Å². The molecule has 0 atom stereocenters.